The highest BCUT2D eigenvalue weighted by Gasteiger charge is 2.56. The van der Waals surface area contributed by atoms with Crippen molar-refractivity contribution < 1.29 is 32.1 Å². The quantitative estimate of drug-likeness (QED) is 0.369. The van der Waals surface area contributed by atoms with Gasteiger partial charge in [-0.15, -0.1) is 0 Å². The molecule has 0 N–H and O–H groups in total. The molecule has 1 fully saturated rings. The monoisotopic (exact) mass is 493 g/mol. The fourth-order valence-electron chi connectivity index (χ4n) is 3.85. The minimum Gasteiger partial charge on any atom is -0.514 e. The van der Waals surface area contributed by atoms with Crippen LogP contribution < -0.4 is 10.2 Å². The van der Waals surface area contributed by atoms with Crippen LogP contribution in [0.3, 0.4) is 0 Å². The molecule has 3 aromatic carbocycles. The second-order valence-electron chi connectivity index (χ2n) is 8.13. The maximum absolute atomic E-state index is 13.8. The predicted octanol–water partition coefficient (Wildman–Crippen LogP) is 2.56. The molecule has 8 nitrogen and oxygen atoms in total. The lowest BCUT2D eigenvalue weighted by atomic mass is 9.74. The standard InChI is InChI=1S/C25H24BNO7S/c1-17-9-15-22(16-10-17)35(30,31)27-23(25(29)34-26(27)20-7-5-4-6-8-20)18(2)33-24(28)19-11-13-21(32-3)14-12-19/h4-16,18,23H,1-3H3/t18-,23-/m0/s1. The Hall–Kier alpha value is -3.63. The predicted molar refractivity (Wildman–Crippen MR) is 130 cm³/mol. The van der Waals surface area contributed by atoms with E-state index in [1.54, 1.807) is 54.6 Å². The normalized spacial score (nSPS) is 17.1. The van der Waals surface area contributed by atoms with E-state index in [0.717, 1.165) is 9.78 Å². The molecular weight excluding hydrogens is 469 g/mol. The first-order valence-corrected chi connectivity index (χ1v) is 12.4. The second kappa shape index (κ2) is 9.93. The van der Waals surface area contributed by atoms with Gasteiger partial charge in [0.2, 0.25) is 10.0 Å². The Bertz CT molecular complexity index is 1310. The molecule has 0 aliphatic carbocycles. The molecule has 10 heteroatoms. The van der Waals surface area contributed by atoms with Crippen molar-refractivity contribution >= 4 is 34.5 Å². The molecule has 0 bridgehead atoms. The van der Waals surface area contributed by atoms with Crippen LogP contribution in [0.4, 0.5) is 0 Å². The van der Waals surface area contributed by atoms with Gasteiger partial charge in [-0.3, -0.25) is 4.79 Å². The summed E-state index contributed by atoms with van der Waals surface area (Å²) in [5.41, 5.74) is 1.60. The van der Waals surface area contributed by atoms with E-state index in [-0.39, 0.29) is 10.5 Å². The summed E-state index contributed by atoms with van der Waals surface area (Å²) >= 11 is 0. The van der Waals surface area contributed by atoms with Gasteiger partial charge >= 0.3 is 19.0 Å². The number of carbonyl (C=O) groups excluding carboxylic acids is 2. The van der Waals surface area contributed by atoms with Gasteiger partial charge in [-0.1, -0.05) is 48.0 Å². The average molecular weight is 493 g/mol. The minimum atomic E-state index is -4.21. The van der Waals surface area contributed by atoms with E-state index in [4.69, 9.17) is 14.1 Å². The summed E-state index contributed by atoms with van der Waals surface area (Å²) in [5.74, 6) is -0.941. The lowest BCUT2D eigenvalue weighted by Crippen LogP contribution is -2.54. The third kappa shape index (κ3) is 4.94. The van der Waals surface area contributed by atoms with Crippen LogP contribution >= 0.6 is 0 Å². The van der Waals surface area contributed by atoms with Gasteiger partial charge in [-0.05, 0) is 55.7 Å². The zero-order valence-corrected chi connectivity index (χ0v) is 20.3. The van der Waals surface area contributed by atoms with Crippen molar-refractivity contribution in [2.75, 3.05) is 7.11 Å². The Kier molecular flexibility index (Phi) is 6.95. The van der Waals surface area contributed by atoms with Gasteiger partial charge in [0, 0.05) is 0 Å². The molecule has 1 aliphatic rings. The van der Waals surface area contributed by atoms with Gasteiger partial charge < -0.3 is 14.1 Å². The molecule has 35 heavy (non-hydrogen) atoms. The van der Waals surface area contributed by atoms with Crippen LogP contribution in [0.15, 0.2) is 83.8 Å². The van der Waals surface area contributed by atoms with E-state index >= 15 is 0 Å². The van der Waals surface area contributed by atoms with E-state index < -0.39 is 41.2 Å². The van der Waals surface area contributed by atoms with Crippen LogP contribution in [0, 0.1) is 6.92 Å². The van der Waals surface area contributed by atoms with Gasteiger partial charge in [0.05, 0.1) is 17.6 Å². The summed E-state index contributed by atoms with van der Waals surface area (Å²) in [7, 11) is -3.91. The fourth-order valence-corrected chi connectivity index (χ4v) is 5.55. The molecule has 4 rings (SSSR count). The minimum absolute atomic E-state index is 0.000937. The summed E-state index contributed by atoms with van der Waals surface area (Å²) in [5, 5.41) is 0. The molecule has 0 aromatic heterocycles. The Labute approximate surface area is 204 Å². The van der Waals surface area contributed by atoms with Crippen LogP contribution in [-0.4, -0.2) is 50.9 Å². The number of carbonyl (C=O) groups is 2. The number of sulfonamides is 1. The van der Waals surface area contributed by atoms with Crippen LogP contribution in [0.5, 0.6) is 5.75 Å². The molecule has 180 valence electrons. The van der Waals surface area contributed by atoms with Crippen molar-refractivity contribution in [3.05, 3.63) is 90.0 Å². The molecule has 0 amide bonds. The van der Waals surface area contributed by atoms with Gasteiger partial charge in [0.15, 0.2) is 6.04 Å². The molecule has 1 saturated heterocycles. The smallest absolute Gasteiger partial charge is 0.502 e. The average Bonchev–Trinajstić information content (AvgIpc) is 3.23. The number of ether oxygens (including phenoxy) is 2. The zero-order valence-electron chi connectivity index (χ0n) is 19.5. The molecule has 1 aliphatic heterocycles. The number of methoxy groups -OCH3 is 1. The van der Waals surface area contributed by atoms with Crippen molar-refractivity contribution in [1.29, 1.82) is 0 Å². The second-order valence-corrected chi connectivity index (χ2v) is 9.97. The maximum atomic E-state index is 13.8. The molecule has 0 unspecified atom stereocenters. The first-order chi connectivity index (χ1) is 16.7. The third-order valence-electron chi connectivity index (χ3n) is 5.72. The topological polar surface area (TPSA) is 99.2 Å². The summed E-state index contributed by atoms with van der Waals surface area (Å²) in [6.45, 7) is 3.31. The highest BCUT2D eigenvalue weighted by atomic mass is 32.2. The first-order valence-electron chi connectivity index (χ1n) is 10.9. The first kappa shape index (κ1) is 24.5. The van der Waals surface area contributed by atoms with Crippen LogP contribution in [-0.2, 0) is 24.2 Å². The van der Waals surface area contributed by atoms with Gasteiger partial charge in [0.25, 0.3) is 0 Å². The molecule has 3 aromatic rings. The number of hydrogen-bond donors (Lipinski definition) is 0. The molecule has 0 saturated carbocycles. The number of hydrogen-bond acceptors (Lipinski definition) is 7. The van der Waals surface area contributed by atoms with E-state index in [1.807, 2.05) is 6.92 Å². The Balaban J connectivity index is 1.69. The van der Waals surface area contributed by atoms with E-state index in [1.165, 1.54) is 38.3 Å². The number of rotatable bonds is 7. The third-order valence-corrected chi connectivity index (χ3v) is 7.56. The maximum Gasteiger partial charge on any atom is 0.502 e. The van der Waals surface area contributed by atoms with Gasteiger partial charge in [0.1, 0.15) is 11.9 Å². The lowest BCUT2D eigenvalue weighted by Gasteiger charge is -2.27. The van der Waals surface area contributed by atoms with Gasteiger partial charge in [-0.25, -0.2) is 13.2 Å². The Morgan fingerprint density at radius 2 is 1.63 bits per heavy atom. The van der Waals surface area contributed by atoms with Crippen molar-refractivity contribution in [3.8, 4) is 5.75 Å². The van der Waals surface area contributed by atoms with Crippen LogP contribution in [0.1, 0.15) is 22.8 Å². The van der Waals surface area contributed by atoms with E-state index in [0.29, 0.717) is 11.2 Å². The van der Waals surface area contributed by atoms with Crippen molar-refractivity contribution in [3.63, 3.8) is 0 Å². The number of esters is 1. The molecule has 0 spiro atoms. The highest BCUT2D eigenvalue weighted by molar-refractivity contribution is 7.90. The van der Waals surface area contributed by atoms with Crippen molar-refractivity contribution in [2.24, 2.45) is 0 Å². The van der Waals surface area contributed by atoms with Crippen molar-refractivity contribution in [2.45, 2.75) is 30.9 Å². The van der Waals surface area contributed by atoms with Crippen molar-refractivity contribution in [1.82, 2.24) is 4.22 Å². The molecular formula is C25H24BNO7S. The van der Waals surface area contributed by atoms with Crippen LogP contribution in [0.2, 0.25) is 0 Å². The Morgan fingerprint density at radius 1 is 1.00 bits per heavy atom. The lowest BCUT2D eigenvalue weighted by molar-refractivity contribution is -0.136. The summed E-state index contributed by atoms with van der Waals surface area (Å²) < 4.78 is 44.7. The zero-order chi connectivity index (χ0) is 25.2. The summed E-state index contributed by atoms with van der Waals surface area (Å²) in [6.07, 6.45) is -1.13. The molecule has 1 heterocycles. The van der Waals surface area contributed by atoms with Gasteiger partial charge in [-0.2, -0.15) is 4.22 Å². The molecule has 2 atom stereocenters. The Morgan fingerprint density at radius 3 is 2.23 bits per heavy atom. The number of nitrogens with zero attached hydrogens (tertiary/aromatic N) is 1. The molecule has 0 radical (unpaired) electrons. The van der Waals surface area contributed by atoms with E-state index in [2.05, 4.69) is 0 Å². The summed E-state index contributed by atoms with van der Waals surface area (Å²) in [6, 6.07) is 19.7. The number of benzene rings is 3. The van der Waals surface area contributed by atoms with E-state index in [9.17, 15) is 18.0 Å². The van der Waals surface area contributed by atoms with Crippen LogP contribution in [0.25, 0.3) is 0 Å². The fraction of sp³-hybridized carbons (Fsp3) is 0.200. The highest BCUT2D eigenvalue weighted by Crippen LogP contribution is 2.29. The largest absolute Gasteiger partial charge is 0.514 e. The number of aryl methyl sites for hydroxylation is 1. The SMILES string of the molecule is COc1ccc(C(=O)O[C@@H](C)[C@H]2C(=O)OB(c3ccccc3)N2S(=O)(=O)c2ccc(C)cc2)cc1. The summed E-state index contributed by atoms with van der Waals surface area (Å²) in [4.78, 5) is 25.8.